The molecule has 0 fully saturated rings. The van der Waals surface area contributed by atoms with Gasteiger partial charge in [-0.05, 0) is 42.7 Å². The van der Waals surface area contributed by atoms with Crippen LogP contribution in [0.4, 0.5) is 28.7 Å². The van der Waals surface area contributed by atoms with E-state index in [-0.39, 0.29) is 0 Å². The van der Waals surface area contributed by atoms with Crippen molar-refractivity contribution in [1.82, 2.24) is 9.97 Å². The molecular weight excluding hydrogens is 378 g/mol. The van der Waals surface area contributed by atoms with E-state index in [1.54, 1.807) is 6.33 Å². The molecule has 1 aromatic heterocycles. The van der Waals surface area contributed by atoms with Crippen molar-refractivity contribution in [3.05, 3.63) is 64.9 Å². The van der Waals surface area contributed by atoms with Gasteiger partial charge in [0.2, 0.25) is 0 Å². The van der Waals surface area contributed by atoms with Gasteiger partial charge in [-0.2, -0.15) is 0 Å². The molecule has 6 heteroatoms. The highest BCUT2D eigenvalue weighted by Crippen LogP contribution is 2.37. The Morgan fingerprint density at radius 2 is 1.96 bits per heavy atom. The molecule has 0 spiro atoms. The molecule has 1 aliphatic heterocycles. The number of nitrogens with one attached hydrogen (secondary N) is 1. The fourth-order valence-electron chi connectivity index (χ4n) is 3.16. The molecule has 0 unspecified atom stereocenters. The van der Waals surface area contributed by atoms with Gasteiger partial charge in [0.25, 0.3) is 0 Å². The summed E-state index contributed by atoms with van der Waals surface area (Å²) in [7, 11) is 0. The largest absolute Gasteiger partial charge is 0.393 e. The van der Waals surface area contributed by atoms with Gasteiger partial charge in [-0.1, -0.05) is 40.2 Å². The van der Waals surface area contributed by atoms with Gasteiger partial charge in [0.15, 0.2) is 11.6 Å². The van der Waals surface area contributed by atoms with Gasteiger partial charge >= 0.3 is 0 Å². The van der Waals surface area contributed by atoms with Crippen LogP contribution in [0.25, 0.3) is 0 Å². The second-order valence-corrected chi connectivity index (χ2v) is 6.89. The minimum absolute atomic E-state index is 0.555. The van der Waals surface area contributed by atoms with Gasteiger partial charge in [-0.25, -0.2) is 9.97 Å². The molecule has 0 saturated carbocycles. The Kier molecular flexibility index (Phi) is 4.28. The molecule has 1 aliphatic rings. The number of para-hydroxylation sites is 1. The third-order valence-electron chi connectivity index (χ3n) is 4.32. The number of hydrogen-bond acceptors (Lipinski definition) is 5. The van der Waals surface area contributed by atoms with E-state index in [0.29, 0.717) is 11.5 Å². The van der Waals surface area contributed by atoms with Crippen molar-refractivity contribution in [3.63, 3.8) is 0 Å². The van der Waals surface area contributed by atoms with Crippen molar-refractivity contribution in [2.45, 2.75) is 12.8 Å². The molecule has 3 N–H and O–H groups in total. The van der Waals surface area contributed by atoms with E-state index in [1.807, 2.05) is 24.3 Å². The molecule has 0 aliphatic carbocycles. The van der Waals surface area contributed by atoms with Crippen LogP contribution < -0.4 is 16.0 Å². The Morgan fingerprint density at radius 1 is 1.08 bits per heavy atom. The van der Waals surface area contributed by atoms with Gasteiger partial charge in [0.05, 0.1) is 0 Å². The number of aryl methyl sites for hydroxylation is 1. The molecule has 0 amide bonds. The Bertz CT molecular complexity index is 912. The highest BCUT2D eigenvalue weighted by molar-refractivity contribution is 9.10. The molecule has 2 heterocycles. The van der Waals surface area contributed by atoms with Crippen LogP contribution in [0.3, 0.4) is 0 Å². The fourth-order valence-corrected chi connectivity index (χ4v) is 3.56. The molecule has 126 valence electrons. The highest BCUT2D eigenvalue weighted by atomic mass is 79.9. The first-order valence-corrected chi connectivity index (χ1v) is 9.00. The van der Waals surface area contributed by atoms with E-state index >= 15 is 0 Å². The van der Waals surface area contributed by atoms with Crippen LogP contribution in [-0.4, -0.2) is 16.5 Å². The second kappa shape index (κ2) is 6.72. The molecule has 3 aromatic rings. The summed E-state index contributed by atoms with van der Waals surface area (Å²) in [5.74, 6) is 1.37. The van der Waals surface area contributed by atoms with Crippen molar-refractivity contribution in [1.29, 1.82) is 0 Å². The van der Waals surface area contributed by atoms with Crippen molar-refractivity contribution in [2.75, 3.05) is 22.5 Å². The van der Waals surface area contributed by atoms with Gasteiger partial charge < -0.3 is 16.0 Å². The van der Waals surface area contributed by atoms with E-state index in [1.165, 1.54) is 11.3 Å². The van der Waals surface area contributed by atoms with Crippen LogP contribution in [0, 0.1) is 0 Å². The predicted molar refractivity (Wildman–Crippen MR) is 106 cm³/mol. The zero-order chi connectivity index (χ0) is 17.2. The molecule has 5 nitrogen and oxygen atoms in total. The zero-order valence-electron chi connectivity index (χ0n) is 13.6. The van der Waals surface area contributed by atoms with Crippen LogP contribution in [-0.2, 0) is 6.42 Å². The molecule has 0 bridgehead atoms. The Balaban J connectivity index is 1.71. The number of halogens is 1. The number of hydrogen-bond donors (Lipinski definition) is 2. The van der Waals surface area contributed by atoms with Crippen LogP contribution in [0.1, 0.15) is 12.0 Å². The minimum atomic E-state index is 0.555. The lowest BCUT2D eigenvalue weighted by molar-refractivity contribution is 0.759. The third-order valence-corrected chi connectivity index (χ3v) is 4.81. The summed E-state index contributed by atoms with van der Waals surface area (Å²) in [4.78, 5) is 11.0. The van der Waals surface area contributed by atoms with Crippen LogP contribution in [0.5, 0.6) is 0 Å². The lowest BCUT2D eigenvalue weighted by atomic mass is 10.0. The maximum Gasteiger partial charge on any atom is 0.161 e. The number of anilines is 5. The summed E-state index contributed by atoms with van der Waals surface area (Å²) >= 11 is 3.48. The first kappa shape index (κ1) is 15.9. The number of nitrogens with zero attached hydrogens (tertiary/aromatic N) is 3. The standard InChI is InChI=1S/C19H18BrN5/c20-14-7-3-8-15(11-14)24-18-17(21)19(23-12-22-18)25-10-4-6-13-5-1-2-9-16(13)25/h1-3,5,7-9,11-12H,4,6,10,21H2,(H,22,23,24). The number of aromatic nitrogens is 2. The second-order valence-electron chi connectivity index (χ2n) is 5.98. The van der Waals surface area contributed by atoms with E-state index < -0.39 is 0 Å². The maximum absolute atomic E-state index is 6.42. The highest BCUT2D eigenvalue weighted by Gasteiger charge is 2.22. The van der Waals surface area contributed by atoms with Crippen LogP contribution >= 0.6 is 15.9 Å². The summed E-state index contributed by atoms with van der Waals surface area (Å²) in [5.41, 5.74) is 10.4. The molecule has 2 aromatic carbocycles. The van der Waals surface area contributed by atoms with Crippen molar-refractivity contribution < 1.29 is 0 Å². The minimum Gasteiger partial charge on any atom is -0.393 e. The SMILES string of the molecule is Nc1c(Nc2cccc(Br)c2)ncnc1N1CCCc2ccccc21. The van der Waals surface area contributed by atoms with Gasteiger partial charge in [0.1, 0.15) is 12.0 Å². The smallest absolute Gasteiger partial charge is 0.161 e. The Labute approximate surface area is 155 Å². The molecule has 0 radical (unpaired) electrons. The molecule has 0 saturated heterocycles. The number of fused-ring (bicyclic) bond motifs is 1. The van der Waals surface area contributed by atoms with E-state index in [0.717, 1.165) is 35.4 Å². The number of nitrogens with two attached hydrogens (primary N) is 1. The summed E-state index contributed by atoms with van der Waals surface area (Å²) in [6.45, 7) is 0.897. The van der Waals surface area contributed by atoms with Crippen molar-refractivity contribution in [3.8, 4) is 0 Å². The average Bonchev–Trinajstić information content (AvgIpc) is 2.63. The molecule has 4 rings (SSSR count). The predicted octanol–water partition coefficient (Wildman–Crippen LogP) is 4.65. The zero-order valence-corrected chi connectivity index (χ0v) is 15.2. The van der Waals surface area contributed by atoms with Crippen LogP contribution in [0.2, 0.25) is 0 Å². The molecule has 25 heavy (non-hydrogen) atoms. The van der Waals surface area contributed by atoms with Crippen LogP contribution in [0.15, 0.2) is 59.3 Å². The Hall–Kier alpha value is -2.60. The number of rotatable bonds is 3. The quantitative estimate of drug-likeness (QED) is 0.675. The fraction of sp³-hybridized carbons (Fsp3) is 0.158. The third kappa shape index (κ3) is 3.17. The summed E-state index contributed by atoms with van der Waals surface area (Å²) in [6.07, 6.45) is 3.72. The van der Waals surface area contributed by atoms with Gasteiger partial charge in [-0.15, -0.1) is 0 Å². The first-order valence-electron chi connectivity index (χ1n) is 8.21. The molecular formula is C19H18BrN5. The van der Waals surface area contributed by atoms with Crippen molar-refractivity contribution >= 4 is 44.6 Å². The first-order chi connectivity index (χ1) is 12.2. The van der Waals surface area contributed by atoms with E-state index in [2.05, 4.69) is 60.4 Å². The monoisotopic (exact) mass is 395 g/mol. The number of nitrogen functional groups attached to an aromatic ring is 1. The lowest BCUT2D eigenvalue weighted by Crippen LogP contribution is -2.26. The number of benzene rings is 2. The van der Waals surface area contributed by atoms with Gasteiger partial charge in [-0.3, -0.25) is 0 Å². The summed E-state index contributed by atoms with van der Waals surface area (Å²) in [5, 5.41) is 3.28. The lowest BCUT2D eigenvalue weighted by Gasteiger charge is -2.31. The topological polar surface area (TPSA) is 67.1 Å². The Morgan fingerprint density at radius 3 is 2.84 bits per heavy atom. The van der Waals surface area contributed by atoms with Crippen molar-refractivity contribution in [2.24, 2.45) is 0 Å². The van der Waals surface area contributed by atoms with E-state index in [4.69, 9.17) is 5.73 Å². The van der Waals surface area contributed by atoms with Gasteiger partial charge in [0, 0.05) is 22.4 Å². The summed E-state index contributed by atoms with van der Waals surface area (Å²) in [6, 6.07) is 16.3. The normalized spacial score (nSPS) is 13.4. The molecule has 0 atom stereocenters. The van der Waals surface area contributed by atoms with E-state index in [9.17, 15) is 0 Å². The summed E-state index contributed by atoms with van der Waals surface area (Å²) < 4.78 is 0.996. The average molecular weight is 396 g/mol. The maximum atomic E-state index is 6.42.